The maximum absolute atomic E-state index is 12.3. The van der Waals surface area contributed by atoms with Crippen LogP contribution in [0.4, 0.5) is 4.79 Å². The molecule has 31 heavy (non-hydrogen) atoms. The molecule has 1 aliphatic carbocycles. The van der Waals surface area contributed by atoms with Gasteiger partial charge >= 0.3 is 12.1 Å². The first-order chi connectivity index (χ1) is 14.3. The van der Waals surface area contributed by atoms with E-state index in [1.807, 2.05) is 0 Å². The predicted molar refractivity (Wildman–Crippen MR) is 111 cm³/mol. The summed E-state index contributed by atoms with van der Waals surface area (Å²) in [4.78, 5) is 58.3. The molecule has 0 aromatic rings. The maximum Gasteiger partial charge on any atom is 0.408 e. The fourth-order valence-corrected chi connectivity index (χ4v) is 3.27. The van der Waals surface area contributed by atoms with Gasteiger partial charge in [-0.25, -0.2) is 9.59 Å². The van der Waals surface area contributed by atoms with Gasteiger partial charge in [-0.15, -0.1) is 0 Å². The van der Waals surface area contributed by atoms with E-state index >= 15 is 0 Å². The van der Waals surface area contributed by atoms with Crippen molar-refractivity contribution >= 4 is 29.8 Å². The average molecular weight is 443 g/mol. The number of primary amides is 1. The fourth-order valence-electron chi connectivity index (χ4n) is 3.27. The van der Waals surface area contributed by atoms with Crippen LogP contribution in [0.15, 0.2) is 0 Å². The van der Waals surface area contributed by atoms with Crippen molar-refractivity contribution in [1.29, 1.82) is 0 Å². The molecule has 1 fully saturated rings. The van der Waals surface area contributed by atoms with Crippen molar-refractivity contribution in [2.75, 3.05) is 6.54 Å². The third kappa shape index (κ3) is 10.1. The minimum absolute atomic E-state index is 0.169. The molecule has 0 unspecified atom stereocenters. The number of carbonyl (C=O) groups is 5. The van der Waals surface area contributed by atoms with Crippen LogP contribution < -0.4 is 21.7 Å². The van der Waals surface area contributed by atoms with Crippen molar-refractivity contribution in [3.63, 3.8) is 0 Å². The number of carbonyl (C=O) groups excluding carboxylic acids is 4. The van der Waals surface area contributed by atoms with E-state index in [0.717, 1.165) is 0 Å². The Labute approximate surface area is 181 Å². The minimum Gasteiger partial charge on any atom is -0.480 e. The molecule has 176 valence electrons. The first-order valence-corrected chi connectivity index (χ1v) is 10.4. The number of rotatable bonds is 9. The quantitative estimate of drug-likeness (QED) is 0.340. The molecular weight excluding hydrogens is 408 g/mol. The Morgan fingerprint density at radius 1 is 1.06 bits per heavy atom. The summed E-state index contributed by atoms with van der Waals surface area (Å²) in [6, 6.07) is -2.09. The van der Waals surface area contributed by atoms with Crippen LogP contribution in [-0.2, 0) is 23.9 Å². The van der Waals surface area contributed by atoms with Crippen LogP contribution in [0.5, 0.6) is 0 Å². The molecule has 0 radical (unpaired) electrons. The zero-order valence-corrected chi connectivity index (χ0v) is 18.5. The molecule has 0 aliphatic heterocycles. The Bertz CT molecular complexity index is 682. The number of alkyl carbamates (subject to hydrolysis) is 1. The molecule has 1 aliphatic rings. The molecule has 0 saturated heterocycles. The Kier molecular flexibility index (Phi) is 9.73. The van der Waals surface area contributed by atoms with Crippen LogP contribution in [-0.4, -0.2) is 59.1 Å². The minimum atomic E-state index is -1.33. The lowest BCUT2D eigenvalue weighted by Crippen LogP contribution is -2.48. The van der Waals surface area contributed by atoms with E-state index in [4.69, 9.17) is 15.6 Å². The van der Waals surface area contributed by atoms with Crippen molar-refractivity contribution in [2.45, 2.75) is 77.5 Å². The van der Waals surface area contributed by atoms with Gasteiger partial charge in [-0.05, 0) is 59.3 Å². The second-order valence-electron chi connectivity index (χ2n) is 8.90. The molecule has 1 rings (SSSR count). The highest BCUT2D eigenvalue weighted by atomic mass is 16.6. The van der Waals surface area contributed by atoms with Gasteiger partial charge in [-0.1, -0.05) is 0 Å². The van der Waals surface area contributed by atoms with E-state index in [2.05, 4.69) is 16.0 Å². The highest BCUT2D eigenvalue weighted by Gasteiger charge is 2.30. The van der Waals surface area contributed by atoms with Crippen molar-refractivity contribution in [2.24, 2.45) is 17.6 Å². The summed E-state index contributed by atoms with van der Waals surface area (Å²) in [5.74, 6) is -3.04. The number of carboxylic acids is 1. The van der Waals surface area contributed by atoms with Crippen molar-refractivity contribution in [3.8, 4) is 0 Å². The second kappa shape index (κ2) is 11.5. The maximum atomic E-state index is 12.3. The Hall–Kier alpha value is -2.85. The molecular formula is C20H34N4O7. The van der Waals surface area contributed by atoms with E-state index in [-0.39, 0.29) is 17.7 Å². The largest absolute Gasteiger partial charge is 0.480 e. The number of amides is 4. The number of nitrogens with two attached hydrogens (primary N) is 1. The van der Waals surface area contributed by atoms with Gasteiger partial charge in [-0.2, -0.15) is 0 Å². The third-order valence-corrected chi connectivity index (χ3v) is 4.93. The number of aliphatic carboxylic acids is 1. The highest BCUT2D eigenvalue weighted by molar-refractivity contribution is 5.89. The molecule has 0 heterocycles. The van der Waals surface area contributed by atoms with Gasteiger partial charge in [-0.3, -0.25) is 14.4 Å². The second-order valence-corrected chi connectivity index (χ2v) is 8.90. The van der Waals surface area contributed by atoms with Gasteiger partial charge in [0.25, 0.3) is 0 Å². The molecule has 2 atom stereocenters. The first kappa shape index (κ1) is 26.2. The highest BCUT2D eigenvalue weighted by Crippen LogP contribution is 2.28. The van der Waals surface area contributed by atoms with Crippen LogP contribution in [0, 0.1) is 11.8 Å². The van der Waals surface area contributed by atoms with Crippen molar-refractivity contribution in [3.05, 3.63) is 0 Å². The zero-order chi connectivity index (χ0) is 23.8. The van der Waals surface area contributed by atoms with E-state index < -0.39 is 48.0 Å². The molecule has 4 amide bonds. The smallest absolute Gasteiger partial charge is 0.408 e. The lowest BCUT2D eigenvalue weighted by atomic mass is 9.81. The van der Waals surface area contributed by atoms with Crippen LogP contribution in [0.1, 0.15) is 59.8 Å². The van der Waals surface area contributed by atoms with Gasteiger partial charge in [0.05, 0.1) is 6.42 Å². The molecule has 0 bridgehead atoms. The molecule has 0 aromatic heterocycles. The summed E-state index contributed by atoms with van der Waals surface area (Å²) in [6.45, 7) is 7.16. The van der Waals surface area contributed by atoms with Gasteiger partial charge in [0, 0.05) is 12.5 Å². The topological polar surface area (TPSA) is 177 Å². The van der Waals surface area contributed by atoms with E-state index in [9.17, 15) is 24.0 Å². The molecule has 0 aromatic carbocycles. The number of nitrogens with one attached hydrogen (secondary N) is 3. The summed E-state index contributed by atoms with van der Waals surface area (Å²) in [5, 5.41) is 16.7. The van der Waals surface area contributed by atoms with Crippen molar-refractivity contribution in [1.82, 2.24) is 16.0 Å². The van der Waals surface area contributed by atoms with E-state index in [1.165, 1.54) is 0 Å². The summed E-state index contributed by atoms with van der Waals surface area (Å²) >= 11 is 0. The van der Waals surface area contributed by atoms with E-state index in [0.29, 0.717) is 32.2 Å². The Morgan fingerprint density at radius 2 is 1.65 bits per heavy atom. The summed E-state index contributed by atoms with van der Waals surface area (Å²) < 4.78 is 5.12. The van der Waals surface area contributed by atoms with Gasteiger partial charge in [0.2, 0.25) is 17.7 Å². The van der Waals surface area contributed by atoms with Crippen LogP contribution in [0.3, 0.4) is 0 Å². The number of hydrogen-bond acceptors (Lipinski definition) is 6. The lowest BCUT2D eigenvalue weighted by molar-refractivity contribution is -0.144. The van der Waals surface area contributed by atoms with Gasteiger partial charge < -0.3 is 31.5 Å². The Morgan fingerprint density at radius 3 is 2.13 bits per heavy atom. The summed E-state index contributed by atoms with van der Waals surface area (Å²) in [6.07, 6.45) is 1.32. The molecule has 11 heteroatoms. The normalized spacial score (nSPS) is 20.6. The van der Waals surface area contributed by atoms with Crippen LogP contribution in [0.2, 0.25) is 0 Å². The monoisotopic (exact) mass is 442 g/mol. The molecule has 11 nitrogen and oxygen atoms in total. The lowest BCUT2D eigenvalue weighted by Gasteiger charge is -2.29. The molecule has 0 spiro atoms. The van der Waals surface area contributed by atoms with Crippen molar-refractivity contribution < 1.29 is 33.8 Å². The number of hydrogen-bond donors (Lipinski definition) is 5. The first-order valence-electron chi connectivity index (χ1n) is 10.4. The number of carboxylic acid groups (broad SMARTS) is 1. The van der Waals surface area contributed by atoms with Crippen LogP contribution >= 0.6 is 0 Å². The summed E-state index contributed by atoms with van der Waals surface area (Å²) in [5.41, 5.74) is 4.36. The molecule has 6 N–H and O–H groups in total. The average Bonchev–Trinajstić information content (AvgIpc) is 2.63. The summed E-state index contributed by atoms with van der Waals surface area (Å²) in [7, 11) is 0. The predicted octanol–water partition coefficient (Wildman–Crippen LogP) is 0.267. The van der Waals surface area contributed by atoms with Crippen LogP contribution in [0.25, 0.3) is 0 Å². The fraction of sp³-hybridized carbons (Fsp3) is 0.750. The SMILES string of the molecule is C[C@@H](NC(=O)OC(C)(C)C)C(=O)NCC1CCC(C(=O)N[C@H](CC(N)=O)C(=O)O)CC1. The van der Waals surface area contributed by atoms with Gasteiger partial charge in [0.15, 0.2) is 0 Å². The third-order valence-electron chi connectivity index (χ3n) is 4.93. The van der Waals surface area contributed by atoms with Gasteiger partial charge in [0.1, 0.15) is 17.7 Å². The standard InChI is InChI=1S/C20H34N4O7/c1-11(23-19(30)31-20(2,3)4)16(26)22-10-12-5-7-13(8-6-12)17(27)24-14(18(28)29)9-15(21)25/h11-14H,5-10H2,1-4H3,(H2,21,25)(H,22,26)(H,23,30)(H,24,27)(H,28,29)/t11-,12?,13?,14-/m1/s1. The Balaban J connectivity index is 2.38. The van der Waals surface area contributed by atoms with E-state index in [1.54, 1.807) is 27.7 Å². The zero-order valence-electron chi connectivity index (χ0n) is 18.5. The number of ether oxygens (including phenoxy) is 1. The molecule has 1 saturated carbocycles.